The summed E-state index contributed by atoms with van der Waals surface area (Å²) in [6, 6.07) is 26.2. The normalized spacial score (nSPS) is 10.5. The van der Waals surface area contributed by atoms with Crippen LogP contribution in [0.5, 0.6) is 0 Å². The molecular formula is C18H11Br2. The molecule has 0 saturated heterocycles. The quantitative estimate of drug-likeness (QED) is 0.481. The Morgan fingerprint density at radius 3 is 1.80 bits per heavy atom. The van der Waals surface area contributed by atoms with Crippen molar-refractivity contribution in [2.75, 3.05) is 0 Å². The molecule has 2 heteroatoms. The lowest BCUT2D eigenvalue weighted by molar-refractivity contribution is 1.55. The Labute approximate surface area is 135 Å². The number of rotatable bonds is 2. The van der Waals surface area contributed by atoms with Gasteiger partial charge in [0.2, 0.25) is 0 Å². The summed E-state index contributed by atoms with van der Waals surface area (Å²) in [5, 5.41) is 0. The molecule has 3 aromatic rings. The molecule has 0 aliphatic rings. The van der Waals surface area contributed by atoms with Crippen LogP contribution in [0.2, 0.25) is 0 Å². The molecule has 97 valence electrons. The molecule has 20 heavy (non-hydrogen) atoms. The van der Waals surface area contributed by atoms with E-state index in [1.165, 1.54) is 16.7 Å². The van der Waals surface area contributed by atoms with E-state index >= 15 is 0 Å². The maximum atomic E-state index is 3.48. The average Bonchev–Trinajstić information content (AvgIpc) is 2.49. The van der Waals surface area contributed by atoms with E-state index in [0.29, 0.717) is 0 Å². The minimum atomic E-state index is 1.09. The molecule has 3 rings (SSSR count). The standard InChI is InChI=1S/C18H11Br2/c19-15-9-5-13(6-10-15)17-3-1-2-4-18(17)14-7-11-16(20)12-8-14/h1-3,5-12H. The molecule has 0 heterocycles. The maximum Gasteiger partial charge on any atom is 0.0175 e. The number of benzene rings is 3. The highest BCUT2D eigenvalue weighted by Crippen LogP contribution is 2.32. The van der Waals surface area contributed by atoms with Gasteiger partial charge in [0, 0.05) is 8.95 Å². The number of halogens is 2. The second-order valence-electron chi connectivity index (χ2n) is 4.47. The molecule has 0 aromatic heterocycles. The van der Waals surface area contributed by atoms with Crippen molar-refractivity contribution in [3.05, 3.63) is 81.7 Å². The minimum absolute atomic E-state index is 1.09. The Hall–Kier alpha value is -1.38. The van der Waals surface area contributed by atoms with Crippen molar-refractivity contribution < 1.29 is 0 Å². The summed E-state index contributed by atoms with van der Waals surface area (Å²) >= 11 is 6.95. The molecule has 0 fully saturated rings. The van der Waals surface area contributed by atoms with Gasteiger partial charge in [0.05, 0.1) is 0 Å². The molecule has 0 spiro atoms. The average molecular weight is 387 g/mol. The van der Waals surface area contributed by atoms with Crippen molar-refractivity contribution in [3.8, 4) is 22.3 Å². The van der Waals surface area contributed by atoms with Crippen LogP contribution in [0.3, 0.4) is 0 Å². The first-order valence-corrected chi connectivity index (χ1v) is 7.85. The Bertz CT molecular complexity index is 649. The molecule has 3 aromatic carbocycles. The van der Waals surface area contributed by atoms with Crippen LogP contribution in [0.1, 0.15) is 0 Å². The first-order chi connectivity index (χ1) is 9.74. The van der Waals surface area contributed by atoms with E-state index in [-0.39, 0.29) is 0 Å². The molecule has 0 aliphatic heterocycles. The summed E-state index contributed by atoms with van der Waals surface area (Å²) in [5.74, 6) is 0. The van der Waals surface area contributed by atoms with E-state index in [9.17, 15) is 0 Å². The second-order valence-corrected chi connectivity index (χ2v) is 6.30. The summed E-state index contributed by atoms with van der Waals surface area (Å²) in [7, 11) is 0. The van der Waals surface area contributed by atoms with E-state index in [2.05, 4.69) is 92.5 Å². The van der Waals surface area contributed by atoms with Crippen LogP contribution in [-0.4, -0.2) is 0 Å². The van der Waals surface area contributed by atoms with Crippen LogP contribution >= 0.6 is 31.9 Å². The zero-order chi connectivity index (χ0) is 13.9. The molecule has 0 nitrogen and oxygen atoms in total. The predicted octanol–water partition coefficient (Wildman–Crippen LogP) is 6.35. The van der Waals surface area contributed by atoms with E-state index < -0.39 is 0 Å². The van der Waals surface area contributed by atoms with Crippen molar-refractivity contribution in [2.24, 2.45) is 0 Å². The molecule has 0 unspecified atom stereocenters. The van der Waals surface area contributed by atoms with E-state index in [0.717, 1.165) is 14.5 Å². The van der Waals surface area contributed by atoms with Crippen LogP contribution in [-0.2, 0) is 0 Å². The molecule has 0 amide bonds. The third-order valence-electron chi connectivity index (χ3n) is 3.14. The van der Waals surface area contributed by atoms with Gasteiger partial charge in [0.1, 0.15) is 0 Å². The molecule has 0 bridgehead atoms. The fourth-order valence-electron chi connectivity index (χ4n) is 2.16. The van der Waals surface area contributed by atoms with E-state index in [1.807, 2.05) is 12.1 Å². The highest BCUT2D eigenvalue weighted by Gasteiger charge is 2.07. The second kappa shape index (κ2) is 5.94. The fraction of sp³-hybridized carbons (Fsp3) is 0. The SMILES string of the molecule is Brc1ccc(-c2[c]cccc2-c2ccc(Br)cc2)cc1. The fourth-order valence-corrected chi connectivity index (χ4v) is 2.69. The molecular weight excluding hydrogens is 376 g/mol. The van der Waals surface area contributed by atoms with Gasteiger partial charge >= 0.3 is 0 Å². The van der Waals surface area contributed by atoms with Crippen LogP contribution in [0.15, 0.2) is 75.7 Å². The zero-order valence-electron chi connectivity index (χ0n) is 10.6. The van der Waals surface area contributed by atoms with Crippen LogP contribution in [0.4, 0.5) is 0 Å². The van der Waals surface area contributed by atoms with Crippen LogP contribution in [0.25, 0.3) is 22.3 Å². The summed E-state index contributed by atoms with van der Waals surface area (Å²) in [6.07, 6.45) is 0. The van der Waals surface area contributed by atoms with Crippen molar-refractivity contribution in [1.29, 1.82) is 0 Å². The van der Waals surface area contributed by atoms with Crippen LogP contribution in [0, 0.1) is 6.07 Å². The Balaban J connectivity index is 2.13. The minimum Gasteiger partial charge on any atom is -0.0610 e. The lowest BCUT2D eigenvalue weighted by Gasteiger charge is -2.10. The van der Waals surface area contributed by atoms with E-state index in [1.54, 1.807) is 0 Å². The molecule has 0 N–H and O–H groups in total. The Kier molecular flexibility index (Phi) is 4.04. The lowest BCUT2D eigenvalue weighted by atomic mass is 9.95. The van der Waals surface area contributed by atoms with Gasteiger partial charge in [-0.2, -0.15) is 0 Å². The van der Waals surface area contributed by atoms with Gasteiger partial charge in [-0.15, -0.1) is 0 Å². The Morgan fingerprint density at radius 2 is 1.20 bits per heavy atom. The molecule has 0 saturated carbocycles. The molecule has 1 radical (unpaired) electrons. The number of hydrogen-bond acceptors (Lipinski definition) is 0. The first kappa shape index (κ1) is 13.6. The van der Waals surface area contributed by atoms with Crippen molar-refractivity contribution in [3.63, 3.8) is 0 Å². The lowest BCUT2D eigenvalue weighted by Crippen LogP contribution is -1.85. The Morgan fingerprint density at radius 1 is 0.650 bits per heavy atom. The predicted molar refractivity (Wildman–Crippen MR) is 91.5 cm³/mol. The van der Waals surface area contributed by atoms with Crippen molar-refractivity contribution >= 4 is 31.9 Å². The third kappa shape index (κ3) is 2.87. The zero-order valence-corrected chi connectivity index (χ0v) is 13.8. The topological polar surface area (TPSA) is 0 Å². The van der Waals surface area contributed by atoms with Crippen molar-refractivity contribution in [1.82, 2.24) is 0 Å². The van der Waals surface area contributed by atoms with Gasteiger partial charge in [0.25, 0.3) is 0 Å². The van der Waals surface area contributed by atoms with E-state index in [4.69, 9.17) is 0 Å². The monoisotopic (exact) mass is 385 g/mol. The summed E-state index contributed by atoms with van der Waals surface area (Å²) in [6.45, 7) is 0. The third-order valence-corrected chi connectivity index (χ3v) is 4.20. The summed E-state index contributed by atoms with van der Waals surface area (Å²) < 4.78 is 2.17. The van der Waals surface area contributed by atoms with Crippen molar-refractivity contribution in [2.45, 2.75) is 0 Å². The van der Waals surface area contributed by atoms with Gasteiger partial charge in [-0.1, -0.05) is 74.3 Å². The highest BCUT2D eigenvalue weighted by atomic mass is 79.9. The van der Waals surface area contributed by atoms with Gasteiger partial charge < -0.3 is 0 Å². The first-order valence-electron chi connectivity index (χ1n) is 6.26. The van der Waals surface area contributed by atoms with Gasteiger partial charge in [-0.3, -0.25) is 0 Å². The summed E-state index contributed by atoms with van der Waals surface area (Å²) in [4.78, 5) is 0. The summed E-state index contributed by atoms with van der Waals surface area (Å²) in [5.41, 5.74) is 4.69. The van der Waals surface area contributed by atoms with Gasteiger partial charge in [-0.25, -0.2) is 0 Å². The highest BCUT2D eigenvalue weighted by molar-refractivity contribution is 9.10. The maximum absolute atomic E-state index is 3.48. The molecule has 0 atom stereocenters. The largest absolute Gasteiger partial charge is 0.0610 e. The van der Waals surface area contributed by atoms with Gasteiger partial charge in [0.15, 0.2) is 0 Å². The smallest absolute Gasteiger partial charge is 0.0175 e. The van der Waals surface area contributed by atoms with Crippen LogP contribution < -0.4 is 0 Å². The number of hydrogen-bond donors (Lipinski definition) is 0. The molecule has 0 aliphatic carbocycles. The van der Waals surface area contributed by atoms with Gasteiger partial charge in [-0.05, 0) is 52.6 Å².